The molecule has 0 saturated carbocycles. The Morgan fingerprint density at radius 1 is 1.21 bits per heavy atom. The molecule has 3 aromatic rings. The van der Waals surface area contributed by atoms with Crippen molar-refractivity contribution in [1.29, 1.82) is 5.26 Å². The molecule has 0 saturated heterocycles. The second kappa shape index (κ2) is 12.3. The van der Waals surface area contributed by atoms with Crippen LogP contribution >= 0.6 is 34.7 Å². The van der Waals surface area contributed by atoms with E-state index in [0.29, 0.717) is 61.4 Å². The molecule has 2 aliphatic rings. The summed E-state index contributed by atoms with van der Waals surface area (Å²) in [6, 6.07) is 14.4. The number of methoxy groups -OCH3 is 2. The first-order valence-electron chi connectivity index (χ1n) is 13.2. The van der Waals surface area contributed by atoms with E-state index < -0.39 is 5.92 Å². The molecule has 1 atom stereocenters. The van der Waals surface area contributed by atoms with Gasteiger partial charge < -0.3 is 20.5 Å². The van der Waals surface area contributed by atoms with Crippen LogP contribution in [0.4, 0.5) is 10.8 Å². The number of rotatable bonds is 8. The van der Waals surface area contributed by atoms with Crippen molar-refractivity contribution in [3.8, 4) is 17.6 Å². The minimum absolute atomic E-state index is 0.0793. The van der Waals surface area contributed by atoms with Crippen molar-refractivity contribution in [3.63, 3.8) is 0 Å². The summed E-state index contributed by atoms with van der Waals surface area (Å²) in [5.74, 6) is 0.292. The van der Waals surface area contributed by atoms with Gasteiger partial charge in [0.15, 0.2) is 10.1 Å². The van der Waals surface area contributed by atoms with Crippen molar-refractivity contribution in [2.45, 2.75) is 36.9 Å². The fraction of sp³-hybridized carbons (Fsp3) is 0.300. The normalized spacial score (nSPS) is 17.8. The third-order valence-electron chi connectivity index (χ3n) is 7.17. The molecule has 1 aliphatic heterocycles. The summed E-state index contributed by atoms with van der Waals surface area (Å²) in [6.07, 6.45) is 0.822. The summed E-state index contributed by atoms with van der Waals surface area (Å²) in [5, 5.41) is 22.8. The van der Waals surface area contributed by atoms with Crippen LogP contribution in [0.25, 0.3) is 0 Å². The first-order valence-corrected chi connectivity index (χ1v) is 15.4. The monoisotopic (exact) mass is 636 g/mol. The number of benzene rings is 2. The molecule has 43 heavy (non-hydrogen) atoms. The van der Waals surface area contributed by atoms with Gasteiger partial charge in [-0.05, 0) is 54.3 Å². The Hall–Kier alpha value is -4.05. The molecule has 13 heteroatoms. The summed E-state index contributed by atoms with van der Waals surface area (Å²) < 4.78 is 11.6. The van der Waals surface area contributed by atoms with E-state index in [0.717, 1.165) is 0 Å². The summed E-state index contributed by atoms with van der Waals surface area (Å²) >= 11 is 8.37. The van der Waals surface area contributed by atoms with Gasteiger partial charge in [0.2, 0.25) is 11.0 Å². The van der Waals surface area contributed by atoms with Crippen LogP contribution in [0.3, 0.4) is 0 Å². The predicted molar refractivity (Wildman–Crippen MR) is 167 cm³/mol. The number of Topliss-reactive ketones (excluding diaryl/α,β-unsaturated/α-hetero) is 1. The zero-order valence-corrected chi connectivity index (χ0v) is 26.3. The van der Waals surface area contributed by atoms with E-state index >= 15 is 0 Å². The minimum atomic E-state index is -0.747. The number of nitrogens with one attached hydrogen (secondary N) is 1. The smallest absolute Gasteiger partial charge is 0.234 e. The molecule has 10 nitrogen and oxygen atoms in total. The Labute approximate surface area is 262 Å². The van der Waals surface area contributed by atoms with Crippen molar-refractivity contribution in [2.24, 2.45) is 11.1 Å². The topological polar surface area (TPSA) is 143 Å². The number of ketones is 1. The number of allylic oxidation sites excluding steroid dienone is 3. The van der Waals surface area contributed by atoms with Crippen LogP contribution in [0.15, 0.2) is 69.5 Å². The second-order valence-electron chi connectivity index (χ2n) is 10.8. The molecule has 3 N–H and O–H groups in total. The highest BCUT2D eigenvalue weighted by Crippen LogP contribution is 2.52. The van der Waals surface area contributed by atoms with Gasteiger partial charge in [-0.25, -0.2) is 0 Å². The van der Waals surface area contributed by atoms with Crippen LogP contribution in [-0.2, 0) is 9.59 Å². The SMILES string of the molecule is COc1ccc(OC)c(C2C(C#N)=C(N)N(c3nnc(SCC(=O)Nc4ccc(Cl)cc4)s3)C3=C2C(=O)CC(C)(C)C3)c1. The number of amides is 1. The fourth-order valence-electron chi connectivity index (χ4n) is 5.31. The standard InChI is InChI=1S/C30H29ClN6O4S2/c1-30(2)12-21-26(22(38)13-30)25(19-11-18(40-3)9-10-23(19)41-4)20(14-32)27(33)37(21)28-35-36-29(43-28)42-15-24(39)34-17-7-5-16(31)6-8-17/h5-11,25H,12-13,15,33H2,1-4H3,(H,34,39). The molecule has 1 amide bonds. The first-order chi connectivity index (χ1) is 20.5. The van der Waals surface area contributed by atoms with Crippen molar-refractivity contribution < 1.29 is 19.1 Å². The van der Waals surface area contributed by atoms with E-state index in [1.165, 1.54) is 30.2 Å². The van der Waals surface area contributed by atoms with Gasteiger partial charge in [-0.15, -0.1) is 10.2 Å². The molecule has 5 rings (SSSR count). The Morgan fingerprint density at radius 2 is 1.95 bits per heavy atom. The van der Waals surface area contributed by atoms with Crippen molar-refractivity contribution >= 4 is 57.2 Å². The van der Waals surface area contributed by atoms with E-state index in [1.807, 2.05) is 13.8 Å². The van der Waals surface area contributed by atoms with E-state index in [1.54, 1.807) is 54.5 Å². The molecule has 222 valence electrons. The van der Waals surface area contributed by atoms with Crippen LogP contribution in [0.5, 0.6) is 11.5 Å². The lowest BCUT2D eigenvalue weighted by Gasteiger charge is -2.42. The van der Waals surface area contributed by atoms with E-state index in [4.69, 9.17) is 26.8 Å². The van der Waals surface area contributed by atoms with Gasteiger partial charge in [-0.1, -0.05) is 48.5 Å². The summed E-state index contributed by atoms with van der Waals surface area (Å²) in [7, 11) is 3.09. The molecular formula is C30H29ClN6O4S2. The number of carbonyl (C=O) groups is 2. The fourth-order valence-corrected chi connectivity index (χ4v) is 7.12. The summed E-state index contributed by atoms with van der Waals surface area (Å²) in [4.78, 5) is 28.1. The van der Waals surface area contributed by atoms with Crippen LogP contribution in [0, 0.1) is 16.7 Å². The molecule has 2 heterocycles. The zero-order valence-electron chi connectivity index (χ0n) is 23.9. The number of ether oxygens (including phenoxy) is 2. The zero-order chi connectivity index (χ0) is 30.9. The number of aromatic nitrogens is 2. The number of halogens is 1. The van der Waals surface area contributed by atoms with Gasteiger partial charge in [-0.2, -0.15) is 5.26 Å². The molecular weight excluding hydrogens is 608 g/mol. The van der Waals surface area contributed by atoms with E-state index in [-0.39, 0.29) is 34.3 Å². The highest BCUT2D eigenvalue weighted by atomic mass is 35.5. The van der Waals surface area contributed by atoms with Gasteiger partial charge >= 0.3 is 0 Å². The Balaban J connectivity index is 1.51. The van der Waals surface area contributed by atoms with Crippen LogP contribution in [0.2, 0.25) is 5.02 Å². The number of carbonyl (C=O) groups excluding carboxylic acids is 2. The predicted octanol–water partition coefficient (Wildman–Crippen LogP) is 5.88. The van der Waals surface area contributed by atoms with Crippen molar-refractivity contribution in [1.82, 2.24) is 10.2 Å². The van der Waals surface area contributed by atoms with Gasteiger partial charge in [0, 0.05) is 34.0 Å². The van der Waals surface area contributed by atoms with Crippen LogP contribution in [0.1, 0.15) is 38.2 Å². The third kappa shape index (κ3) is 6.20. The van der Waals surface area contributed by atoms with Crippen LogP contribution in [-0.4, -0.2) is 41.9 Å². The van der Waals surface area contributed by atoms with Crippen molar-refractivity contribution in [2.75, 3.05) is 30.2 Å². The lowest BCUT2D eigenvalue weighted by molar-refractivity contribution is -0.118. The van der Waals surface area contributed by atoms with Gasteiger partial charge in [0.05, 0.1) is 37.5 Å². The second-order valence-corrected chi connectivity index (χ2v) is 13.4. The molecule has 2 aromatic carbocycles. The minimum Gasteiger partial charge on any atom is -0.497 e. The lowest BCUT2D eigenvalue weighted by atomic mass is 9.68. The number of nitriles is 1. The van der Waals surface area contributed by atoms with Gasteiger partial charge in [0.1, 0.15) is 17.3 Å². The molecule has 0 radical (unpaired) electrons. The molecule has 0 bridgehead atoms. The Bertz CT molecular complexity index is 1690. The highest BCUT2D eigenvalue weighted by Gasteiger charge is 2.46. The van der Waals surface area contributed by atoms with Crippen LogP contribution < -0.4 is 25.4 Å². The van der Waals surface area contributed by atoms with Gasteiger partial charge in [-0.3, -0.25) is 14.5 Å². The first kappa shape index (κ1) is 30.4. The maximum Gasteiger partial charge on any atom is 0.234 e. The van der Waals surface area contributed by atoms with E-state index in [9.17, 15) is 14.9 Å². The largest absolute Gasteiger partial charge is 0.497 e. The number of hydrogen-bond acceptors (Lipinski definition) is 11. The number of nitrogens with two attached hydrogens (primary N) is 1. The lowest BCUT2D eigenvalue weighted by Crippen LogP contribution is -2.42. The number of nitrogens with zero attached hydrogens (tertiary/aromatic N) is 4. The Kier molecular flexibility index (Phi) is 8.69. The number of thioether (sulfide) groups is 1. The molecule has 1 aliphatic carbocycles. The van der Waals surface area contributed by atoms with Gasteiger partial charge in [0.25, 0.3) is 0 Å². The van der Waals surface area contributed by atoms with Crippen molar-refractivity contribution in [3.05, 3.63) is 75.7 Å². The molecule has 1 unspecified atom stereocenters. The number of anilines is 2. The Morgan fingerprint density at radius 3 is 2.63 bits per heavy atom. The molecule has 0 fully saturated rings. The maximum absolute atomic E-state index is 13.9. The molecule has 1 aromatic heterocycles. The van der Waals surface area contributed by atoms with E-state index in [2.05, 4.69) is 21.6 Å². The number of hydrogen-bond donors (Lipinski definition) is 2. The highest BCUT2D eigenvalue weighted by molar-refractivity contribution is 8.01. The maximum atomic E-state index is 13.9. The quantitative estimate of drug-likeness (QED) is 0.288. The third-order valence-corrected chi connectivity index (χ3v) is 9.46. The summed E-state index contributed by atoms with van der Waals surface area (Å²) in [6.45, 7) is 4.04. The average Bonchev–Trinajstić information content (AvgIpc) is 3.44. The molecule has 0 spiro atoms. The summed E-state index contributed by atoms with van der Waals surface area (Å²) in [5.41, 5.74) is 8.98. The average molecular weight is 637 g/mol.